The minimum atomic E-state index is -1.50. The van der Waals surface area contributed by atoms with E-state index in [1.165, 1.54) is 20.0 Å². The largest absolute Gasteiger partial charge is 0.479 e. The number of rotatable bonds is 12. The Hall–Kier alpha value is -4.85. The van der Waals surface area contributed by atoms with E-state index in [1.54, 1.807) is 20.8 Å². The normalized spacial score (nSPS) is 12.7. The van der Waals surface area contributed by atoms with Gasteiger partial charge in [-0.05, 0) is 57.9 Å². The minimum Gasteiger partial charge on any atom is -0.479 e. The molecule has 0 saturated heterocycles. The molecule has 3 aromatic rings. The maximum absolute atomic E-state index is 13.8. The van der Waals surface area contributed by atoms with Crippen molar-refractivity contribution in [2.75, 3.05) is 11.9 Å². The van der Waals surface area contributed by atoms with Gasteiger partial charge in [-0.3, -0.25) is 9.59 Å². The fourth-order valence-corrected chi connectivity index (χ4v) is 3.89. The number of carbonyl (C=O) groups is 4. The first kappa shape index (κ1) is 36.3. The summed E-state index contributed by atoms with van der Waals surface area (Å²) >= 11 is 0. The molecule has 0 aliphatic rings. The summed E-state index contributed by atoms with van der Waals surface area (Å²) in [5, 5.41) is 17.3. The first-order valence-corrected chi connectivity index (χ1v) is 13.5. The molecule has 244 valence electrons. The molecule has 1 unspecified atom stereocenters. The molecular weight excluding hydrogens is 592 g/mol. The zero-order valence-electron chi connectivity index (χ0n) is 24.9. The lowest BCUT2D eigenvalue weighted by atomic mass is 10.0. The number of carbonyl (C=O) groups excluding carboxylic acids is 3. The molecule has 0 fully saturated rings. The highest BCUT2D eigenvalue weighted by Gasteiger charge is 2.35. The quantitative estimate of drug-likeness (QED) is 0.229. The lowest BCUT2D eigenvalue weighted by Crippen LogP contribution is -2.59. The molecule has 3 rings (SSSR count). The Morgan fingerprint density at radius 1 is 1.00 bits per heavy atom. The van der Waals surface area contributed by atoms with Crippen LogP contribution in [-0.4, -0.2) is 62.3 Å². The summed E-state index contributed by atoms with van der Waals surface area (Å²) in [4.78, 5) is 54.8. The lowest BCUT2D eigenvalue weighted by Gasteiger charge is -2.29. The van der Waals surface area contributed by atoms with Crippen molar-refractivity contribution in [2.24, 2.45) is 0 Å². The van der Waals surface area contributed by atoms with Gasteiger partial charge in [0.2, 0.25) is 5.91 Å². The number of hydrogen-bond donors (Lipinski definition) is 4. The highest BCUT2D eigenvalue weighted by molar-refractivity contribution is 5.98. The van der Waals surface area contributed by atoms with E-state index < -0.39 is 58.7 Å². The highest BCUT2D eigenvalue weighted by atomic mass is 19.2. The lowest BCUT2D eigenvalue weighted by molar-refractivity contribution is -0.139. The summed E-state index contributed by atoms with van der Waals surface area (Å²) in [5.74, 6) is -5.31. The number of nitrogens with one attached hydrogen (secondary N) is 3. The molecule has 0 spiro atoms. The van der Waals surface area contributed by atoms with Crippen LogP contribution in [0, 0.1) is 11.6 Å². The molecule has 3 amide bonds. The molecule has 0 aliphatic carbocycles. The molecule has 0 saturated carbocycles. The minimum absolute atomic E-state index is 0. The molecule has 1 heterocycles. The van der Waals surface area contributed by atoms with Crippen LogP contribution in [-0.2, 0) is 30.5 Å². The van der Waals surface area contributed by atoms with Crippen LogP contribution in [0.5, 0.6) is 0 Å². The van der Waals surface area contributed by atoms with Crippen LogP contribution in [0.1, 0.15) is 59.2 Å². The van der Waals surface area contributed by atoms with E-state index in [0.717, 1.165) is 34.7 Å². The molecule has 12 nitrogen and oxygen atoms in total. The predicted molar refractivity (Wildman–Crippen MR) is 161 cm³/mol. The van der Waals surface area contributed by atoms with Gasteiger partial charge in [0.15, 0.2) is 23.5 Å². The second-order valence-electron chi connectivity index (χ2n) is 11.4. The molecule has 0 radical (unpaired) electrons. The number of amides is 3. The Morgan fingerprint density at radius 2 is 1.67 bits per heavy atom. The molecule has 2 atom stereocenters. The summed E-state index contributed by atoms with van der Waals surface area (Å²) in [6.07, 6.45) is 1.46. The number of anilines is 1. The molecule has 0 bridgehead atoms. The van der Waals surface area contributed by atoms with Crippen LogP contribution in [0.4, 0.5) is 19.4 Å². The predicted octanol–water partition coefficient (Wildman–Crippen LogP) is 4.41. The summed E-state index contributed by atoms with van der Waals surface area (Å²) in [7, 11) is 0. The maximum atomic E-state index is 13.8. The van der Waals surface area contributed by atoms with Gasteiger partial charge in [0.1, 0.15) is 17.2 Å². The zero-order valence-corrected chi connectivity index (χ0v) is 24.9. The Kier molecular flexibility index (Phi) is 12.3. The third kappa shape index (κ3) is 10.7. The number of carboxylic acids is 1. The topological polar surface area (TPSA) is 161 Å². The number of nitrogens with zero attached hydrogens (tertiary/aromatic N) is 2. The van der Waals surface area contributed by atoms with Crippen LogP contribution in [0.3, 0.4) is 0 Å². The summed E-state index contributed by atoms with van der Waals surface area (Å²) in [6.45, 7) is 7.72. The van der Waals surface area contributed by atoms with Gasteiger partial charge in [0.25, 0.3) is 5.91 Å². The van der Waals surface area contributed by atoms with Crippen molar-refractivity contribution in [2.45, 2.75) is 71.9 Å². The van der Waals surface area contributed by atoms with E-state index in [4.69, 9.17) is 9.47 Å². The van der Waals surface area contributed by atoms with Gasteiger partial charge in [-0.25, -0.2) is 23.4 Å². The van der Waals surface area contributed by atoms with Crippen LogP contribution >= 0.6 is 0 Å². The second kappa shape index (κ2) is 15.2. The number of aliphatic carboxylic acids is 1. The number of carboxylic acid groups (broad SMARTS) is 1. The number of benzene rings is 2. The van der Waals surface area contributed by atoms with Gasteiger partial charge in [-0.15, -0.1) is 0 Å². The fraction of sp³-hybridized carbons (Fsp3) is 0.387. The van der Waals surface area contributed by atoms with Gasteiger partial charge in [-0.2, -0.15) is 0 Å². The summed E-state index contributed by atoms with van der Waals surface area (Å²) in [6, 6.07) is 9.04. The third-order valence-corrected chi connectivity index (χ3v) is 6.04. The molecule has 14 heteroatoms. The number of imidazole rings is 1. The van der Waals surface area contributed by atoms with Crippen molar-refractivity contribution < 1.29 is 42.5 Å². The van der Waals surface area contributed by atoms with Gasteiger partial charge in [0, 0.05) is 6.20 Å². The van der Waals surface area contributed by atoms with Crippen molar-refractivity contribution in [1.29, 1.82) is 0 Å². The van der Waals surface area contributed by atoms with Crippen molar-refractivity contribution in [3.63, 3.8) is 0 Å². The molecule has 0 aliphatic heterocycles. The van der Waals surface area contributed by atoms with Crippen molar-refractivity contribution in [1.82, 2.24) is 20.2 Å². The van der Waals surface area contributed by atoms with Crippen molar-refractivity contribution in [3.8, 4) is 0 Å². The Bertz CT molecular complexity index is 1490. The first-order chi connectivity index (χ1) is 20.6. The molecular formula is C31H39F2N5O7. The molecule has 1 aromatic heterocycles. The summed E-state index contributed by atoms with van der Waals surface area (Å²) < 4.78 is 39.2. The van der Waals surface area contributed by atoms with E-state index in [1.807, 2.05) is 30.3 Å². The Morgan fingerprint density at radius 3 is 2.27 bits per heavy atom. The smallest absolute Gasteiger partial charge is 0.408 e. The van der Waals surface area contributed by atoms with Crippen LogP contribution in [0.15, 0.2) is 61.1 Å². The van der Waals surface area contributed by atoms with Crippen LogP contribution in [0.2, 0.25) is 0 Å². The number of ether oxygens (including phenoxy) is 2. The van der Waals surface area contributed by atoms with Gasteiger partial charge >= 0.3 is 12.1 Å². The molecule has 45 heavy (non-hydrogen) atoms. The van der Waals surface area contributed by atoms with Gasteiger partial charge in [-0.1, -0.05) is 43.8 Å². The molecule has 4 N–H and O–H groups in total. The van der Waals surface area contributed by atoms with E-state index in [-0.39, 0.29) is 32.0 Å². The van der Waals surface area contributed by atoms with E-state index in [0.29, 0.717) is 0 Å². The van der Waals surface area contributed by atoms with E-state index in [2.05, 4.69) is 20.9 Å². The number of halogens is 2. The average Bonchev–Trinajstić information content (AvgIpc) is 3.36. The van der Waals surface area contributed by atoms with Gasteiger partial charge < -0.3 is 35.1 Å². The molecule has 2 aromatic carbocycles. The standard InChI is InChI=1S/C30H35F2N5O7.CH4/c1-29(2,3)44-28(42)36-30(4,5)27(41)34-22(16-43-15-18-9-7-6-8-10-18)25(38)35-23-14-37(17-33-23)24(26(39)40)19-11-12-20(31)21(32)13-19;/h6-14,17,22,24H,15-16H2,1-5H3,(H,34,41)(H,35,38)(H,36,42)(H,39,40);1H4/t22-,24?;/m1./s1. The van der Waals surface area contributed by atoms with Crippen molar-refractivity contribution in [3.05, 3.63) is 83.8 Å². The van der Waals surface area contributed by atoms with Crippen molar-refractivity contribution >= 4 is 29.7 Å². The van der Waals surface area contributed by atoms with Gasteiger partial charge in [0.05, 0.1) is 19.5 Å². The maximum Gasteiger partial charge on any atom is 0.408 e. The summed E-state index contributed by atoms with van der Waals surface area (Å²) in [5.41, 5.74) is -1.55. The average molecular weight is 632 g/mol. The Labute approximate surface area is 260 Å². The third-order valence-electron chi connectivity index (χ3n) is 6.04. The van der Waals surface area contributed by atoms with Crippen LogP contribution in [0.25, 0.3) is 0 Å². The van der Waals surface area contributed by atoms with E-state index in [9.17, 15) is 33.1 Å². The highest BCUT2D eigenvalue weighted by Crippen LogP contribution is 2.22. The number of aromatic nitrogens is 2. The number of alkyl carbamates (subject to hydrolysis) is 1. The fourth-order valence-electron chi connectivity index (χ4n) is 3.89. The monoisotopic (exact) mass is 631 g/mol. The first-order valence-electron chi connectivity index (χ1n) is 13.5. The second-order valence-corrected chi connectivity index (χ2v) is 11.4. The van der Waals surface area contributed by atoms with E-state index >= 15 is 0 Å². The number of hydrogen-bond acceptors (Lipinski definition) is 7. The zero-order chi connectivity index (χ0) is 32.7. The van der Waals surface area contributed by atoms with Crippen LogP contribution < -0.4 is 16.0 Å². The SMILES string of the molecule is C.CC(C)(C)OC(=O)NC(C)(C)C(=O)N[C@H](COCc1ccccc1)C(=O)Nc1cn(C(C(=O)O)c2ccc(F)c(F)c2)cn1. The Balaban J connectivity index is 0.00000705.